The quantitative estimate of drug-likeness (QED) is 0.496. The van der Waals surface area contributed by atoms with Gasteiger partial charge in [0.2, 0.25) is 5.91 Å². The van der Waals surface area contributed by atoms with Gasteiger partial charge >= 0.3 is 0 Å². The Balaban J connectivity index is 1.46. The number of aromatic amines is 1. The summed E-state index contributed by atoms with van der Waals surface area (Å²) in [5, 5.41) is 6.45. The van der Waals surface area contributed by atoms with Gasteiger partial charge in [0.25, 0.3) is 0 Å². The predicted octanol–water partition coefficient (Wildman–Crippen LogP) is 4.17. The van der Waals surface area contributed by atoms with Crippen molar-refractivity contribution in [3.8, 4) is 0 Å². The van der Waals surface area contributed by atoms with Crippen LogP contribution in [0.4, 0.5) is 17.2 Å². The van der Waals surface area contributed by atoms with Crippen molar-refractivity contribution in [1.29, 1.82) is 0 Å². The highest BCUT2D eigenvalue weighted by atomic mass is 32.2. The second-order valence-corrected chi connectivity index (χ2v) is 8.71. The van der Waals surface area contributed by atoms with E-state index in [9.17, 15) is 4.79 Å². The van der Waals surface area contributed by atoms with Gasteiger partial charge in [-0.3, -0.25) is 4.79 Å². The molecule has 8 nitrogen and oxygen atoms in total. The third-order valence-electron chi connectivity index (χ3n) is 5.46. The lowest BCUT2D eigenvalue weighted by Crippen LogP contribution is -2.21. The summed E-state index contributed by atoms with van der Waals surface area (Å²) in [6.07, 6.45) is 3.90. The maximum Gasteiger partial charge on any atom is 0.228 e. The molecule has 3 aromatic rings. The fourth-order valence-corrected chi connectivity index (χ4v) is 4.27. The number of nitrogens with one attached hydrogen (secondary N) is 3. The number of carbonyl (C=O) groups excluding carboxylic acids is 1. The molecule has 1 unspecified atom stereocenters. The lowest BCUT2D eigenvalue weighted by Gasteiger charge is -2.24. The third kappa shape index (κ3) is 4.39. The molecular weight excluding hydrogens is 414 g/mol. The van der Waals surface area contributed by atoms with Gasteiger partial charge in [-0.15, -0.1) is 11.8 Å². The largest absolute Gasteiger partial charge is 0.376 e. The number of carbonyl (C=O) groups is 1. The Morgan fingerprint density at radius 3 is 2.81 bits per heavy atom. The first-order valence-electron chi connectivity index (χ1n) is 10.4. The van der Waals surface area contributed by atoms with E-state index in [4.69, 9.17) is 9.47 Å². The molecule has 1 atom stereocenters. The number of aromatic nitrogens is 3. The molecule has 9 heteroatoms. The van der Waals surface area contributed by atoms with E-state index in [0.29, 0.717) is 31.3 Å². The van der Waals surface area contributed by atoms with Gasteiger partial charge in [0.15, 0.2) is 5.65 Å². The molecule has 0 bridgehead atoms. The number of hydrogen-bond acceptors (Lipinski definition) is 7. The maximum atomic E-state index is 12.2. The van der Waals surface area contributed by atoms with Crippen molar-refractivity contribution in [1.82, 2.24) is 15.0 Å². The highest BCUT2D eigenvalue weighted by molar-refractivity contribution is 7.98. The number of imidazole rings is 1. The lowest BCUT2D eigenvalue weighted by atomic mass is 10.1. The number of ether oxygens (including phenoxy) is 2. The van der Waals surface area contributed by atoms with Gasteiger partial charge in [0, 0.05) is 16.9 Å². The number of amides is 1. The van der Waals surface area contributed by atoms with Gasteiger partial charge in [-0.25, -0.2) is 9.97 Å². The Bertz CT molecular complexity index is 1120. The van der Waals surface area contributed by atoms with Crippen LogP contribution in [0.25, 0.3) is 11.2 Å². The summed E-state index contributed by atoms with van der Waals surface area (Å²) in [6, 6.07) is 8.11. The zero-order chi connectivity index (χ0) is 21.4. The van der Waals surface area contributed by atoms with Gasteiger partial charge in [-0.05, 0) is 43.7 Å². The topological polar surface area (TPSA) is 101 Å². The number of pyridine rings is 1. The van der Waals surface area contributed by atoms with Crippen LogP contribution >= 0.6 is 11.8 Å². The number of aryl methyl sites for hydroxylation is 1. The maximum absolute atomic E-state index is 12.2. The van der Waals surface area contributed by atoms with Crippen molar-refractivity contribution >= 4 is 46.0 Å². The zero-order valence-electron chi connectivity index (χ0n) is 17.5. The molecule has 1 aromatic carbocycles. The van der Waals surface area contributed by atoms with Crippen molar-refractivity contribution in [3.05, 3.63) is 35.7 Å². The highest BCUT2D eigenvalue weighted by Crippen LogP contribution is 2.35. The molecule has 31 heavy (non-hydrogen) atoms. The van der Waals surface area contributed by atoms with Crippen LogP contribution in [0.1, 0.15) is 30.3 Å². The van der Waals surface area contributed by atoms with Crippen LogP contribution < -0.4 is 10.6 Å². The van der Waals surface area contributed by atoms with E-state index in [0.717, 1.165) is 46.0 Å². The Hall–Kier alpha value is -2.62. The summed E-state index contributed by atoms with van der Waals surface area (Å²) < 4.78 is 11.4. The minimum Gasteiger partial charge on any atom is -0.376 e. The molecule has 2 aromatic heterocycles. The first-order chi connectivity index (χ1) is 15.1. The molecule has 2 fully saturated rings. The average Bonchev–Trinajstić information content (AvgIpc) is 3.56. The number of nitrogens with zero attached hydrogens (tertiary/aromatic N) is 2. The Morgan fingerprint density at radius 2 is 2.06 bits per heavy atom. The molecule has 3 heterocycles. The Labute approximate surface area is 184 Å². The summed E-state index contributed by atoms with van der Waals surface area (Å²) in [4.78, 5) is 25.6. The summed E-state index contributed by atoms with van der Waals surface area (Å²) in [5.74, 6) is 1.41. The molecule has 0 spiro atoms. The van der Waals surface area contributed by atoms with Gasteiger partial charge in [-0.1, -0.05) is 6.07 Å². The third-order valence-corrected chi connectivity index (χ3v) is 6.24. The average molecular weight is 440 g/mol. The number of H-pyrrole nitrogens is 1. The molecule has 1 amide bonds. The highest BCUT2D eigenvalue weighted by Gasteiger charge is 2.30. The van der Waals surface area contributed by atoms with Crippen molar-refractivity contribution in [2.75, 3.05) is 36.7 Å². The molecule has 1 aliphatic heterocycles. The Morgan fingerprint density at radius 1 is 1.19 bits per heavy atom. The van der Waals surface area contributed by atoms with Gasteiger partial charge in [0.05, 0.1) is 31.2 Å². The van der Waals surface area contributed by atoms with Gasteiger partial charge < -0.3 is 25.1 Å². The summed E-state index contributed by atoms with van der Waals surface area (Å²) >= 11 is 1.66. The molecule has 3 N–H and O–H groups in total. The zero-order valence-corrected chi connectivity index (χ0v) is 18.3. The van der Waals surface area contributed by atoms with E-state index in [1.165, 1.54) is 0 Å². The number of benzene rings is 1. The first kappa shape index (κ1) is 20.3. The minimum absolute atomic E-state index is 0.0221. The fraction of sp³-hybridized carbons (Fsp3) is 0.409. The smallest absolute Gasteiger partial charge is 0.228 e. The standard InChI is InChI=1S/C22H25N5O3S/c1-12-23-20-16(10-19(26-21(20)24-12)27-22(28)13-3-4-13)25-15-6-5-14(9-18(15)31-2)17-11-29-7-8-30-17/h5-6,9-10,13,17H,3-4,7-8,11H2,1-2H3,(H3,23,24,25,26,27,28). The van der Waals surface area contributed by atoms with Crippen LogP contribution in [-0.2, 0) is 14.3 Å². The summed E-state index contributed by atoms with van der Waals surface area (Å²) in [5.41, 5.74) is 4.26. The van der Waals surface area contributed by atoms with Gasteiger partial charge in [0.1, 0.15) is 23.3 Å². The van der Waals surface area contributed by atoms with Crippen molar-refractivity contribution < 1.29 is 14.3 Å². The van der Waals surface area contributed by atoms with E-state index in [1.807, 2.05) is 19.2 Å². The monoisotopic (exact) mass is 439 g/mol. The van der Waals surface area contributed by atoms with E-state index in [2.05, 4.69) is 43.8 Å². The predicted molar refractivity (Wildman–Crippen MR) is 121 cm³/mol. The molecule has 0 radical (unpaired) electrons. The van der Waals surface area contributed by atoms with Crippen LogP contribution in [0, 0.1) is 12.8 Å². The number of anilines is 3. The molecule has 2 aliphatic rings. The van der Waals surface area contributed by atoms with E-state index in [1.54, 1.807) is 11.8 Å². The van der Waals surface area contributed by atoms with Crippen LogP contribution in [0.15, 0.2) is 29.2 Å². The van der Waals surface area contributed by atoms with E-state index >= 15 is 0 Å². The van der Waals surface area contributed by atoms with Crippen LogP contribution in [0.5, 0.6) is 0 Å². The summed E-state index contributed by atoms with van der Waals surface area (Å²) in [7, 11) is 0. The number of fused-ring (bicyclic) bond motifs is 1. The van der Waals surface area contributed by atoms with Crippen LogP contribution in [-0.4, -0.2) is 46.9 Å². The normalized spacial score (nSPS) is 18.8. The molecule has 1 saturated carbocycles. The first-order valence-corrected chi connectivity index (χ1v) is 11.7. The van der Waals surface area contributed by atoms with Crippen molar-refractivity contribution in [3.63, 3.8) is 0 Å². The molecule has 1 aliphatic carbocycles. The SMILES string of the molecule is CSc1cc(C2COCCO2)ccc1Nc1cc(NC(=O)C2CC2)nc2nc(C)[nH]c12. The van der Waals surface area contributed by atoms with Crippen LogP contribution in [0.2, 0.25) is 0 Å². The second-order valence-electron chi connectivity index (χ2n) is 7.86. The van der Waals surface area contributed by atoms with Gasteiger partial charge in [-0.2, -0.15) is 0 Å². The minimum atomic E-state index is -0.0409. The second kappa shape index (κ2) is 8.49. The molecular formula is C22H25N5O3S. The molecule has 162 valence electrons. The summed E-state index contributed by atoms with van der Waals surface area (Å²) in [6.45, 7) is 3.72. The van der Waals surface area contributed by atoms with Crippen molar-refractivity contribution in [2.45, 2.75) is 30.8 Å². The number of hydrogen-bond donors (Lipinski definition) is 3. The Kier molecular flexibility index (Phi) is 5.56. The number of thioether (sulfide) groups is 1. The van der Waals surface area contributed by atoms with Crippen molar-refractivity contribution in [2.24, 2.45) is 5.92 Å². The van der Waals surface area contributed by atoms with E-state index in [-0.39, 0.29) is 17.9 Å². The van der Waals surface area contributed by atoms with E-state index < -0.39 is 0 Å². The molecule has 5 rings (SSSR count). The lowest BCUT2D eigenvalue weighted by molar-refractivity contribution is -0.117. The van der Waals surface area contributed by atoms with Crippen LogP contribution in [0.3, 0.4) is 0 Å². The fourth-order valence-electron chi connectivity index (χ4n) is 3.68. The number of rotatable bonds is 6. The molecule has 1 saturated heterocycles.